The maximum Gasteiger partial charge on any atom is 0.471 e. The number of piperidine rings is 1. The molecule has 1 saturated heterocycles. The van der Waals surface area contributed by atoms with Crippen LogP contribution in [0.3, 0.4) is 0 Å². The van der Waals surface area contributed by atoms with Gasteiger partial charge in [0.25, 0.3) is 0 Å². The minimum Gasteiger partial charge on any atom is -0.444 e. The van der Waals surface area contributed by atoms with Crippen LogP contribution in [0.25, 0.3) is 0 Å². The number of aliphatic hydroxyl groups excluding tert-OH is 1. The number of nitrogens with zero attached hydrogens (tertiary/aromatic N) is 2. The summed E-state index contributed by atoms with van der Waals surface area (Å²) in [5.41, 5.74) is -1.97. The summed E-state index contributed by atoms with van der Waals surface area (Å²) in [4.78, 5) is 26.3. The minimum absolute atomic E-state index is 0.00859. The molecule has 0 aromatic rings. The van der Waals surface area contributed by atoms with Crippen molar-refractivity contribution in [2.24, 2.45) is 5.92 Å². The van der Waals surface area contributed by atoms with Crippen LogP contribution in [-0.2, 0) is 9.53 Å². The lowest BCUT2D eigenvalue weighted by Crippen LogP contribution is -2.63. The van der Waals surface area contributed by atoms with Crippen LogP contribution in [-0.4, -0.2) is 70.5 Å². The Morgan fingerprint density at radius 2 is 1.73 bits per heavy atom. The van der Waals surface area contributed by atoms with E-state index in [1.54, 1.807) is 20.8 Å². The van der Waals surface area contributed by atoms with E-state index in [1.807, 2.05) is 0 Å². The lowest BCUT2D eigenvalue weighted by atomic mass is 9.85. The first-order valence-electron chi connectivity index (χ1n) is 8.85. The van der Waals surface area contributed by atoms with E-state index in [0.717, 1.165) is 17.7 Å². The molecule has 1 saturated carbocycles. The Hall–Kier alpha value is -1.51. The van der Waals surface area contributed by atoms with Gasteiger partial charge in [0.2, 0.25) is 0 Å². The summed E-state index contributed by atoms with van der Waals surface area (Å²) in [6.45, 7) is 4.86. The van der Waals surface area contributed by atoms with Crippen LogP contribution in [0, 0.1) is 5.92 Å². The Balaban J connectivity index is 2.11. The number of ether oxygens (including phenoxy) is 1. The molecule has 9 heteroatoms. The van der Waals surface area contributed by atoms with Gasteiger partial charge < -0.3 is 19.6 Å². The second kappa shape index (κ2) is 7.25. The van der Waals surface area contributed by atoms with Crippen molar-refractivity contribution in [3.63, 3.8) is 0 Å². The van der Waals surface area contributed by atoms with E-state index in [0.29, 0.717) is 0 Å². The number of amides is 2. The van der Waals surface area contributed by atoms with Crippen molar-refractivity contribution in [3.05, 3.63) is 0 Å². The van der Waals surface area contributed by atoms with Crippen molar-refractivity contribution in [3.8, 4) is 0 Å². The monoisotopic (exact) mass is 380 g/mol. The number of likely N-dealkylation sites (tertiary alicyclic amines) is 1. The van der Waals surface area contributed by atoms with Gasteiger partial charge in [-0.1, -0.05) is 0 Å². The molecule has 2 fully saturated rings. The molecule has 1 N–H and O–H groups in total. The van der Waals surface area contributed by atoms with Crippen molar-refractivity contribution in [1.82, 2.24) is 9.80 Å². The van der Waals surface area contributed by atoms with Crippen molar-refractivity contribution < 1.29 is 32.6 Å². The Morgan fingerprint density at radius 1 is 1.19 bits per heavy atom. The first-order valence-corrected chi connectivity index (χ1v) is 8.85. The lowest BCUT2D eigenvalue weighted by molar-refractivity contribution is -0.195. The molecule has 1 heterocycles. The van der Waals surface area contributed by atoms with Gasteiger partial charge >= 0.3 is 18.2 Å². The van der Waals surface area contributed by atoms with Crippen molar-refractivity contribution >= 4 is 12.0 Å². The smallest absolute Gasteiger partial charge is 0.444 e. The fraction of sp³-hybridized carbons (Fsp3) is 0.882. The number of aliphatic hydroxyl groups is 1. The number of hydrogen-bond acceptors (Lipinski definition) is 4. The quantitative estimate of drug-likeness (QED) is 0.814. The van der Waals surface area contributed by atoms with Gasteiger partial charge in [0.05, 0.1) is 12.1 Å². The summed E-state index contributed by atoms with van der Waals surface area (Å²) >= 11 is 0. The molecule has 2 amide bonds. The molecule has 0 radical (unpaired) electrons. The topological polar surface area (TPSA) is 70.1 Å². The van der Waals surface area contributed by atoms with Gasteiger partial charge in [0, 0.05) is 19.6 Å². The predicted octanol–water partition coefficient (Wildman–Crippen LogP) is 2.55. The van der Waals surface area contributed by atoms with Gasteiger partial charge in [-0.05, 0) is 52.4 Å². The summed E-state index contributed by atoms with van der Waals surface area (Å²) in [5.74, 6) is -1.86. The van der Waals surface area contributed by atoms with Crippen LogP contribution in [0.4, 0.5) is 18.0 Å². The molecule has 150 valence electrons. The molecule has 0 bridgehead atoms. The van der Waals surface area contributed by atoms with Crippen LogP contribution >= 0.6 is 0 Å². The Bertz CT molecular complexity index is 533. The van der Waals surface area contributed by atoms with E-state index in [9.17, 15) is 27.9 Å². The Morgan fingerprint density at radius 3 is 2.12 bits per heavy atom. The molecular formula is C17H27F3N2O4. The number of rotatable bonds is 4. The van der Waals surface area contributed by atoms with Crippen LogP contribution in [0.15, 0.2) is 0 Å². The van der Waals surface area contributed by atoms with Gasteiger partial charge in [0.1, 0.15) is 5.60 Å². The largest absolute Gasteiger partial charge is 0.471 e. The van der Waals surface area contributed by atoms with Gasteiger partial charge in [-0.3, -0.25) is 4.79 Å². The molecule has 1 aliphatic heterocycles. The van der Waals surface area contributed by atoms with Gasteiger partial charge in [-0.15, -0.1) is 0 Å². The Kier molecular flexibility index (Phi) is 5.80. The number of alkyl halides is 3. The number of hydrogen-bond donors (Lipinski definition) is 1. The van der Waals surface area contributed by atoms with E-state index in [4.69, 9.17) is 4.74 Å². The summed E-state index contributed by atoms with van der Waals surface area (Å²) < 4.78 is 44.5. The highest BCUT2D eigenvalue weighted by atomic mass is 19.4. The van der Waals surface area contributed by atoms with Crippen LogP contribution < -0.4 is 0 Å². The number of carbonyl (C=O) groups is 2. The van der Waals surface area contributed by atoms with Crippen LogP contribution in [0.5, 0.6) is 0 Å². The molecule has 1 aliphatic carbocycles. The lowest BCUT2D eigenvalue weighted by Gasteiger charge is -2.48. The number of carbonyl (C=O) groups excluding carboxylic acids is 2. The fourth-order valence-electron chi connectivity index (χ4n) is 3.15. The molecule has 0 aromatic heterocycles. The first-order chi connectivity index (χ1) is 11.9. The average molecular weight is 380 g/mol. The first kappa shape index (κ1) is 20.8. The molecule has 2 rings (SSSR count). The molecule has 2 aliphatic rings. The maximum atomic E-state index is 13.1. The maximum absolute atomic E-state index is 13.1. The second-order valence-corrected chi connectivity index (χ2v) is 8.21. The normalized spacial score (nSPS) is 20.7. The standard InChI is InChI=1S/C17H27F3N2O4/c1-15(2,3)26-14(25)21-8-6-16(11-23,7-9-21)22(10-12-4-5-12)13(24)17(18,19)20/h12,23H,4-11H2,1-3H3. The zero-order chi connectivity index (χ0) is 19.8. The fourth-order valence-corrected chi connectivity index (χ4v) is 3.15. The highest BCUT2D eigenvalue weighted by Gasteiger charge is 2.52. The van der Waals surface area contributed by atoms with Crippen LogP contribution in [0.1, 0.15) is 46.5 Å². The predicted molar refractivity (Wildman–Crippen MR) is 87.3 cm³/mol. The number of halogens is 3. The van der Waals surface area contributed by atoms with E-state index in [2.05, 4.69) is 0 Å². The molecule has 0 spiro atoms. The van der Waals surface area contributed by atoms with Gasteiger partial charge in [-0.25, -0.2) is 4.79 Å². The Labute approximate surface area is 151 Å². The molecule has 6 nitrogen and oxygen atoms in total. The summed E-state index contributed by atoms with van der Waals surface area (Å²) in [6.07, 6.45) is -3.80. The third-order valence-electron chi connectivity index (χ3n) is 4.84. The highest BCUT2D eigenvalue weighted by Crippen LogP contribution is 2.38. The van der Waals surface area contributed by atoms with Crippen molar-refractivity contribution in [1.29, 1.82) is 0 Å². The van der Waals surface area contributed by atoms with Gasteiger partial charge in [0.15, 0.2) is 0 Å². The third-order valence-corrected chi connectivity index (χ3v) is 4.84. The minimum atomic E-state index is -4.99. The summed E-state index contributed by atoms with van der Waals surface area (Å²) in [6, 6.07) is 0. The molecule has 0 aromatic carbocycles. The zero-order valence-corrected chi connectivity index (χ0v) is 15.4. The van der Waals surface area contributed by atoms with E-state index in [-0.39, 0.29) is 38.4 Å². The van der Waals surface area contributed by atoms with Gasteiger partial charge in [-0.2, -0.15) is 13.2 Å². The van der Waals surface area contributed by atoms with E-state index >= 15 is 0 Å². The molecular weight excluding hydrogens is 353 g/mol. The molecule has 0 unspecified atom stereocenters. The molecule has 0 atom stereocenters. The third kappa shape index (κ3) is 5.02. The molecule has 26 heavy (non-hydrogen) atoms. The van der Waals surface area contributed by atoms with E-state index in [1.165, 1.54) is 4.90 Å². The SMILES string of the molecule is CC(C)(C)OC(=O)N1CCC(CO)(N(CC2CC2)C(=O)C(F)(F)F)CC1. The van der Waals surface area contributed by atoms with Crippen molar-refractivity contribution in [2.45, 2.75) is 63.8 Å². The average Bonchev–Trinajstić information content (AvgIpc) is 3.33. The highest BCUT2D eigenvalue weighted by molar-refractivity contribution is 5.82. The summed E-state index contributed by atoms with van der Waals surface area (Å²) in [5, 5.41) is 9.88. The second-order valence-electron chi connectivity index (χ2n) is 8.21. The zero-order valence-electron chi connectivity index (χ0n) is 15.4. The van der Waals surface area contributed by atoms with Crippen LogP contribution in [0.2, 0.25) is 0 Å². The van der Waals surface area contributed by atoms with Crippen molar-refractivity contribution in [2.75, 3.05) is 26.2 Å². The summed E-state index contributed by atoms with van der Waals surface area (Å²) in [7, 11) is 0. The van der Waals surface area contributed by atoms with E-state index < -0.39 is 35.9 Å².